The number of benzene rings is 1. The van der Waals surface area contributed by atoms with Crippen molar-refractivity contribution in [2.24, 2.45) is 0 Å². The Morgan fingerprint density at radius 2 is 2.09 bits per heavy atom. The Balaban J connectivity index is 1.77. The average molecular weight is 307 g/mol. The Hall–Kier alpha value is -2.08. The van der Waals surface area contributed by atoms with Crippen molar-refractivity contribution < 1.29 is 23.8 Å². The van der Waals surface area contributed by atoms with Crippen LogP contribution in [0.1, 0.15) is 30.1 Å². The van der Waals surface area contributed by atoms with Gasteiger partial charge in [0, 0.05) is 13.2 Å². The molecule has 1 heterocycles. The summed E-state index contributed by atoms with van der Waals surface area (Å²) in [6, 6.07) is 6.64. The standard InChI is InChI=1S/C16H21NO5/c1-2-17-15(18)11-22-16(19)12-5-7-13(8-6-12)21-10-14-4-3-9-20-14/h5-8,14H,2-4,9-11H2,1H3,(H,17,18)/t14-/m0/s1. The van der Waals surface area contributed by atoms with Crippen molar-refractivity contribution in [3.63, 3.8) is 0 Å². The van der Waals surface area contributed by atoms with Gasteiger partial charge in [0.1, 0.15) is 12.4 Å². The first kappa shape index (κ1) is 16.3. The molecule has 0 saturated carbocycles. The fourth-order valence-corrected chi connectivity index (χ4v) is 2.11. The third-order valence-corrected chi connectivity index (χ3v) is 3.26. The van der Waals surface area contributed by atoms with Crippen LogP contribution in [0.15, 0.2) is 24.3 Å². The van der Waals surface area contributed by atoms with Crippen molar-refractivity contribution in [3.05, 3.63) is 29.8 Å². The molecule has 1 aliphatic heterocycles. The van der Waals surface area contributed by atoms with E-state index in [1.54, 1.807) is 31.2 Å². The van der Waals surface area contributed by atoms with E-state index in [0.29, 0.717) is 24.5 Å². The topological polar surface area (TPSA) is 73.9 Å². The number of amides is 1. The zero-order valence-corrected chi connectivity index (χ0v) is 12.7. The predicted octanol–water partition coefficient (Wildman–Crippen LogP) is 1.54. The zero-order valence-electron chi connectivity index (χ0n) is 12.7. The molecule has 22 heavy (non-hydrogen) atoms. The van der Waals surface area contributed by atoms with Crippen molar-refractivity contribution in [2.75, 3.05) is 26.4 Å². The van der Waals surface area contributed by atoms with Gasteiger partial charge < -0.3 is 19.5 Å². The summed E-state index contributed by atoms with van der Waals surface area (Å²) in [6.07, 6.45) is 2.25. The maximum Gasteiger partial charge on any atom is 0.338 e. The summed E-state index contributed by atoms with van der Waals surface area (Å²) < 4.78 is 16.0. The highest BCUT2D eigenvalue weighted by Crippen LogP contribution is 2.16. The molecule has 1 atom stereocenters. The lowest BCUT2D eigenvalue weighted by Gasteiger charge is -2.11. The fraction of sp³-hybridized carbons (Fsp3) is 0.500. The molecule has 0 unspecified atom stereocenters. The zero-order chi connectivity index (χ0) is 15.8. The Labute approximate surface area is 129 Å². The highest BCUT2D eigenvalue weighted by atomic mass is 16.5. The summed E-state index contributed by atoms with van der Waals surface area (Å²) >= 11 is 0. The average Bonchev–Trinajstić information content (AvgIpc) is 3.05. The summed E-state index contributed by atoms with van der Waals surface area (Å²) in [5, 5.41) is 2.56. The van der Waals surface area contributed by atoms with Crippen molar-refractivity contribution >= 4 is 11.9 Å². The Bertz CT molecular complexity index is 494. The van der Waals surface area contributed by atoms with Gasteiger partial charge in [0.15, 0.2) is 6.61 Å². The van der Waals surface area contributed by atoms with Crippen LogP contribution in [0.2, 0.25) is 0 Å². The second kappa shape index (κ2) is 8.38. The van der Waals surface area contributed by atoms with E-state index in [2.05, 4.69) is 5.32 Å². The molecule has 1 aliphatic rings. The van der Waals surface area contributed by atoms with Crippen LogP contribution < -0.4 is 10.1 Å². The number of rotatable bonds is 7. The van der Waals surface area contributed by atoms with E-state index >= 15 is 0 Å². The van der Waals surface area contributed by atoms with Gasteiger partial charge in [-0.05, 0) is 44.0 Å². The molecule has 1 fully saturated rings. The molecule has 0 radical (unpaired) electrons. The Morgan fingerprint density at radius 1 is 1.32 bits per heavy atom. The lowest BCUT2D eigenvalue weighted by atomic mass is 10.2. The second-order valence-electron chi connectivity index (χ2n) is 5.00. The highest BCUT2D eigenvalue weighted by Gasteiger charge is 2.16. The second-order valence-corrected chi connectivity index (χ2v) is 5.00. The molecule has 6 heteroatoms. The highest BCUT2D eigenvalue weighted by molar-refractivity contribution is 5.91. The van der Waals surface area contributed by atoms with Crippen LogP contribution in [0.4, 0.5) is 0 Å². The fourth-order valence-electron chi connectivity index (χ4n) is 2.11. The quantitative estimate of drug-likeness (QED) is 0.773. The van der Waals surface area contributed by atoms with Gasteiger partial charge in [-0.15, -0.1) is 0 Å². The Kier molecular flexibility index (Phi) is 6.21. The number of hydrogen-bond donors (Lipinski definition) is 1. The summed E-state index contributed by atoms with van der Waals surface area (Å²) in [6.45, 7) is 3.34. The summed E-state index contributed by atoms with van der Waals surface area (Å²) in [5.74, 6) is -0.167. The van der Waals surface area contributed by atoms with E-state index in [1.807, 2.05) is 0 Å². The molecule has 1 N–H and O–H groups in total. The molecule has 0 aliphatic carbocycles. The van der Waals surface area contributed by atoms with E-state index in [-0.39, 0.29) is 18.6 Å². The van der Waals surface area contributed by atoms with Crippen LogP contribution in [0.25, 0.3) is 0 Å². The molecule has 1 aromatic rings. The first-order valence-corrected chi connectivity index (χ1v) is 7.47. The lowest BCUT2D eigenvalue weighted by molar-refractivity contribution is -0.124. The third-order valence-electron chi connectivity index (χ3n) is 3.26. The van der Waals surface area contributed by atoms with Crippen LogP contribution in [0, 0.1) is 0 Å². The summed E-state index contributed by atoms with van der Waals surface area (Å²) in [5.41, 5.74) is 0.383. The van der Waals surface area contributed by atoms with Crippen molar-refractivity contribution in [1.82, 2.24) is 5.32 Å². The number of carbonyl (C=O) groups excluding carboxylic acids is 2. The number of nitrogens with one attached hydrogen (secondary N) is 1. The van der Waals surface area contributed by atoms with Gasteiger partial charge in [0.25, 0.3) is 5.91 Å². The summed E-state index contributed by atoms with van der Waals surface area (Å²) in [7, 11) is 0. The molecule has 1 amide bonds. The normalized spacial score (nSPS) is 17.0. The molecular weight excluding hydrogens is 286 g/mol. The van der Waals surface area contributed by atoms with Gasteiger partial charge in [-0.2, -0.15) is 0 Å². The molecule has 0 spiro atoms. The van der Waals surface area contributed by atoms with Crippen LogP contribution in [-0.2, 0) is 14.3 Å². The molecular formula is C16H21NO5. The monoisotopic (exact) mass is 307 g/mol. The minimum atomic E-state index is -0.531. The van der Waals surface area contributed by atoms with Gasteiger partial charge in [-0.25, -0.2) is 4.79 Å². The number of ether oxygens (including phenoxy) is 3. The number of hydrogen-bond acceptors (Lipinski definition) is 5. The molecule has 1 aromatic carbocycles. The summed E-state index contributed by atoms with van der Waals surface area (Å²) in [4.78, 5) is 23.0. The number of likely N-dealkylation sites (N-methyl/N-ethyl adjacent to an activating group) is 1. The van der Waals surface area contributed by atoms with Crippen LogP contribution in [-0.4, -0.2) is 44.3 Å². The largest absolute Gasteiger partial charge is 0.491 e. The van der Waals surface area contributed by atoms with E-state index < -0.39 is 5.97 Å². The van der Waals surface area contributed by atoms with Crippen molar-refractivity contribution in [3.8, 4) is 5.75 Å². The van der Waals surface area contributed by atoms with E-state index in [1.165, 1.54) is 0 Å². The lowest BCUT2D eigenvalue weighted by Crippen LogP contribution is -2.28. The van der Waals surface area contributed by atoms with E-state index in [0.717, 1.165) is 19.4 Å². The predicted molar refractivity (Wildman–Crippen MR) is 79.9 cm³/mol. The van der Waals surface area contributed by atoms with Crippen molar-refractivity contribution in [2.45, 2.75) is 25.9 Å². The molecule has 2 rings (SSSR count). The molecule has 0 aromatic heterocycles. The van der Waals surface area contributed by atoms with Gasteiger partial charge in [0.2, 0.25) is 0 Å². The SMILES string of the molecule is CCNC(=O)COC(=O)c1ccc(OC[C@@H]2CCCO2)cc1. The molecule has 1 saturated heterocycles. The number of carbonyl (C=O) groups is 2. The third kappa shape index (κ3) is 5.04. The van der Waals surface area contributed by atoms with Crippen LogP contribution >= 0.6 is 0 Å². The van der Waals surface area contributed by atoms with Gasteiger partial charge in [0.05, 0.1) is 11.7 Å². The Morgan fingerprint density at radius 3 is 2.73 bits per heavy atom. The first-order valence-electron chi connectivity index (χ1n) is 7.47. The minimum absolute atomic E-state index is 0.154. The molecule has 120 valence electrons. The van der Waals surface area contributed by atoms with Crippen LogP contribution in [0.3, 0.4) is 0 Å². The van der Waals surface area contributed by atoms with Crippen molar-refractivity contribution in [1.29, 1.82) is 0 Å². The molecule has 6 nitrogen and oxygen atoms in total. The van der Waals surface area contributed by atoms with Gasteiger partial charge in [-0.3, -0.25) is 4.79 Å². The maximum absolute atomic E-state index is 11.8. The molecule has 0 bridgehead atoms. The first-order chi connectivity index (χ1) is 10.7. The number of esters is 1. The van der Waals surface area contributed by atoms with Crippen LogP contribution in [0.5, 0.6) is 5.75 Å². The minimum Gasteiger partial charge on any atom is -0.491 e. The smallest absolute Gasteiger partial charge is 0.338 e. The maximum atomic E-state index is 11.8. The van der Waals surface area contributed by atoms with E-state index in [9.17, 15) is 9.59 Å². The van der Waals surface area contributed by atoms with Gasteiger partial charge in [-0.1, -0.05) is 0 Å². The van der Waals surface area contributed by atoms with E-state index in [4.69, 9.17) is 14.2 Å². The van der Waals surface area contributed by atoms with Gasteiger partial charge >= 0.3 is 5.97 Å².